The van der Waals surface area contributed by atoms with Crippen molar-refractivity contribution < 1.29 is 8.42 Å². The quantitative estimate of drug-likeness (QED) is 0.638. The fourth-order valence-electron chi connectivity index (χ4n) is 2.58. The Balaban J connectivity index is 1.63. The number of anilines is 2. The maximum absolute atomic E-state index is 12.5. The summed E-state index contributed by atoms with van der Waals surface area (Å²) in [4.78, 5) is 4.52. The highest BCUT2D eigenvalue weighted by Gasteiger charge is 2.14. The number of pyridine rings is 1. The van der Waals surface area contributed by atoms with Crippen LogP contribution in [0, 0.1) is 6.92 Å². The summed E-state index contributed by atoms with van der Waals surface area (Å²) >= 11 is 0. The molecule has 0 radical (unpaired) electrons. The fourth-order valence-corrected chi connectivity index (χ4v) is 3.62. The van der Waals surface area contributed by atoms with Crippen molar-refractivity contribution in [3.63, 3.8) is 0 Å². The molecule has 0 unspecified atom stereocenters. The van der Waals surface area contributed by atoms with E-state index in [1.165, 1.54) is 11.8 Å². The Bertz CT molecular complexity index is 981. The number of hydrogen-bond acceptors (Lipinski definition) is 4. The number of benzene rings is 2. The van der Waals surface area contributed by atoms with E-state index in [1.54, 1.807) is 24.3 Å². The van der Waals surface area contributed by atoms with Crippen LogP contribution >= 0.6 is 0 Å². The van der Waals surface area contributed by atoms with Gasteiger partial charge in [-0.25, -0.2) is 13.4 Å². The number of nitrogens with zero attached hydrogens (tertiary/aromatic N) is 1. The summed E-state index contributed by atoms with van der Waals surface area (Å²) in [6.45, 7) is 4.74. The van der Waals surface area contributed by atoms with Crippen molar-refractivity contribution in [3.8, 4) is 0 Å². The van der Waals surface area contributed by atoms with Gasteiger partial charge in [-0.1, -0.05) is 48.9 Å². The number of rotatable bonds is 7. The molecule has 0 atom stereocenters. The van der Waals surface area contributed by atoms with Crippen molar-refractivity contribution in [2.24, 2.45) is 0 Å². The monoisotopic (exact) mass is 381 g/mol. The Kier molecular flexibility index (Phi) is 5.76. The highest BCUT2D eigenvalue weighted by molar-refractivity contribution is 7.92. The van der Waals surface area contributed by atoms with E-state index in [0.29, 0.717) is 18.1 Å². The first-order chi connectivity index (χ1) is 13.0. The lowest BCUT2D eigenvalue weighted by Gasteiger charge is -2.10. The largest absolute Gasteiger partial charge is 0.366 e. The minimum absolute atomic E-state index is 0.237. The predicted molar refractivity (Wildman–Crippen MR) is 109 cm³/mol. The standard InChI is InChI=1S/C21H23N3O2S/c1-3-17-8-11-20(12-9-17)27(25,26)24-19-10-13-21(23-15-19)22-14-18-6-4-16(2)5-7-18/h4-13,15,24H,3,14H2,1-2H3,(H,22,23). The molecule has 0 amide bonds. The van der Waals surface area contributed by atoms with E-state index in [-0.39, 0.29) is 4.90 Å². The van der Waals surface area contributed by atoms with Gasteiger partial charge in [-0.05, 0) is 48.7 Å². The summed E-state index contributed by atoms with van der Waals surface area (Å²) in [7, 11) is -3.62. The smallest absolute Gasteiger partial charge is 0.261 e. The Hall–Kier alpha value is -2.86. The van der Waals surface area contributed by atoms with E-state index in [2.05, 4.69) is 46.2 Å². The van der Waals surface area contributed by atoms with Crippen LogP contribution in [0.1, 0.15) is 23.6 Å². The van der Waals surface area contributed by atoms with E-state index in [4.69, 9.17) is 0 Å². The Morgan fingerprint density at radius 1 is 0.889 bits per heavy atom. The highest BCUT2D eigenvalue weighted by atomic mass is 32.2. The predicted octanol–water partition coefficient (Wildman–Crippen LogP) is 4.37. The molecule has 1 heterocycles. The summed E-state index contributed by atoms with van der Waals surface area (Å²) in [5.74, 6) is 0.686. The van der Waals surface area contributed by atoms with Crippen LogP contribution in [0.5, 0.6) is 0 Å². The number of aromatic nitrogens is 1. The van der Waals surface area contributed by atoms with Gasteiger partial charge in [0.05, 0.1) is 16.8 Å². The number of aryl methyl sites for hydroxylation is 2. The molecule has 0 fully saturated rings. The van der Waals surface area contributed by atoms with Crippen LogP contribution in [0.4, 0.5) is 11.5 Å². The molecule has 0 saturated carbocycles. The molecule has 0 spiro atoms. The first kappa shape index (κ1) is 18.9. The molecule has 27 heavy (non-hydrogen) atoms. The maximum atomic E-state index is 12.5. The van der Waals surface area contributed by atoms with Gasteiger partial charge in [0.2, 0.25) is 0 Å². The molecule has 5 nitrogen and oxygen atoms in total. The zero-order valence-electron chi connectivity index (χ0n) is 15.4. The molecule has 3 aromatic rings. The Labute approximate surface area is 160 Å². The van der Waals surface area contributed by atoms with Gasteiger partial charge in [0.1, 0.15) is 5.82 Å². The fraction of sp³-hybridized carbons (Fsp3) is 0.190. The van der Waals surface area contributed by atoms with Crippen LogP contribution in [-0.4, -0.2) is 13.4 Å². The molecular formula is C21H23N3O2S. The first-order valence-corrected chi connectivity index (χ1v) is 10.3. The number of sulfonamides is 1. The van der Waals surface area contributed by atoms with Crippen LogP contribution in [0.3, 0.4) is 0 Å². The van der Waals surface area contributed by atoms with E-state index in [0.717, 1.165) is 17.5 Å². The van der Waals surface area contributed by atoms with Gasteiger partial charge in [-0.2, -0.15) is 0 Å². The summed E-state index contributed by atoms with van der Waals surface area (Å²) in [5, 5.41) is 3.23. The van der Waals surface area contributed by atoms with Gasteiger partial charge in [-0.3, -0.25) is 4.72 Å². The van der Waals surface area contributed by atoms with Crippen LogP contribution in [0.25, 0.3) is 0 Å². The highest BCUT2D eigenvalue weighted by Crippen LogP contribution is 2.18. The third-order valence-corrected chi connectivity index (χ3v) is 5.65. The van der Waals surface area contributed by atoms with Crippen molar-refractivity contribution in [3.05, 3.63) is 83.6 Å². The Morgan fingerprint density at radius 3 is 2.15 bits per heavy atom. The minimum atomic E-state index is -3.62. The van der Waals surface area contributed by atoms with E-state index in [1.807, 2.05) is 19.1 Å². The second kappa shape index (κ2) is 8.22. The Morgan fingerprint density at radius 2 is 1.56 bits per heavy atom. The second-order valence-corrected chi connectivity index (χ2v) is 8.06. The summed E-state index contributed by atoms with van der Waals surface area (Å²) in [6.07, 6.45) is 2.38. The molecule has 2 N–H and O–H groups in total. The molecule has 0 aliphatic heterocycles. The average molecular weight is 382 g/mol. The van der Waals surface area contributed by atoms with Gasteiger partial charge < -0.3 is 5.32 Å². The normalized spacial score (nSPS) is 11.2. The molecular weight excluding hydrogens is 358 g/mol. The maximum Gasteiger partial charge on any atom is 0.261 e. The minimum Gasteiger partial charge on any atom is -0.366 e. The summed E-state index contributed by atoms with van der Waals surface area (Å²) in [5.41, 5.74) is 3.90. The van der Waals surface area contributed by atoms with Gasteiger partial charge in [0.25, 0.3) is 10.0 Å². The van der Waals surface area contributed by atoms with E-state index < -0.39 is 10.0 Å². The van der Waals surface area contributed by atoms with Gasteiger partial charge >= 0.3 is 0 Å². The molecule has 140 valence electrons. The molecule has 6 heteroatoms. The number of nitrogens with one attached hydrogen (secondary N) is 2. The molecule has 1 aromatic heterocycles. The van der Waals surface area contributed by atoms with Gasteiger partial charge in [0, 0.05) is 6.54 Å². The van der Waals surface area contributed by atoms with Gasteiger partial charge in [0.15, 0.2) is 0 Å². The van der Waals surface area contributed by atoms with E-state index >= 15 is 0 Å². The lowest BCUT2D eigenvalue weighted by molar-refractivity contribution is 0.601. The van der Waals surface area contributed by atoms with Gasteiger partial charge in [-0.15, -0.1) is 0 Å². The lowest BCUT2D eigenvalue weighted by Crippen LogP contribution is -2.13. The third kappa shape index (κ3) is 5.08. The third-order valence-electron chi connectivity index (χ3n) is 4.25. The number of hydrogen-bond donors (Lipinski definition) is 2. The summed E-state index contributed by atoms with van der Waals surface area (Å²) in [6, 6.07) is 18.6. The zero-order valence-corrected chi connectivity index (χ0v) is 16.3. The van der Waals surface area contributed by atoms with Crippen molar-refractivity contribution >= 4 is 21.5 Å². The SMILES string of the molecule is CCc1ccc(S(=O)(=O)Nc2ccc(NCc3ccc(C)cc3)nc2)cc1. The lowest BCUT2D eigenvalue weighted by atomic mass is 10.1. The summed E-state index contributed by atoms with van der Waals surface area (Å²) < 4.78 is 27.5. The molecule has 0 bridgehead atoms. The molecule has 3 rings (SSSR count). The molecule has 2 aromatic carbocycles. The molecule has 0 aliphatic carbocycles. The first-order valence-electron chi connectivity index (χ1n) is 8.83. The van der Waals surface area contributed by atoms with Crippen molar-refractivity contribution in [2.45, 2.75) is 31.7 Å². The topological polar surface area (TPSA) is 71.1 Å². The van der Waals surface area contributed by atoms with Crippen LogP contribution in [-0.2, 0) is 23.0 Å². The average Bonchev–Trinajstić information content (AvgIpc) is 2.68. The van der Waals surface area contributed by atoms with Crippen LogP contribution in [0.2, 0.25) is 0 Å². The van der Waals surface area contributed by atoms with Crippen LogP contribution < -0.4 is 10.0 Å². The van der Waals surface area contributed by atoms with Crippen molar-refractivity contribution in [2.75, 3.05) is 10.0 Å². The zero-order chi connectivity index (χ0) is 19.3. The van der Waals surface area contributed by atoms with Crippen molar-refractivity contribution in [1.82, 2.24) is 4.98 Å². The second-order valence-electron chi connectivity index (χ2n) is 6.37. The molecule has 0 saturated heterocycles. The molecule has 0 aliphatic rings. The van der Waals surface area contributed by atoms with Crippen molar-refractivity contribution in [1.29, 1.82) is 0 Å². The van der Waals surface area contributed by atoms with Crippen LogP contribution in [0.15, 0.2) is 71.8 Å². The van der Waals surface area contributed by atoms with E-state index in [9.17, 15) is 8.42 Å².